The molecular formula is C81H66N2. The van der Waals surface area contributed by atoms with Crippen molar-refractivity contribution in [2.75, 3.05) is 9.80 Å². The highest BCUT2D eigenvalue weighted by Gasteiger charge is 2.59. The van der Waals surface area contributed by atoms with E-state index in [1.165, 1.54) is 99.1 Å². The number of benzene rings is 13. The largest absolute Gasteiger partial charge is 0.310 e. The fourth-order valence-corrected chi connectivity index (χ4v) is 14.5. The molecule has 2 heteroatoms. The van der Waals surface area contributed by atoms with Gasteiger partial charge in [0.25, 0.3) is 0 Å². The summed E-state index contributed by atoms with van der Waals surface area (Å²) in [5.74, 6) is 0. The fraction of sp³-hybridized carbons (Fsp3) is 0.111. The van der Waals surface area contributed by atoms with Gasteiger partial charge in [-0.15, -0.1) is 0 Å². The Kier molecular flexibility index (Phi) is 12.6. The first-order valence-electron chi connectivity index (χ1n) is 29.2. The molecular weight excluding hydrogens is 1000 g/mol. The fourth-order valence-electron chi connectivity index (χ4n) is 14.5. The zero-order chi connectivity index (χ0) is 56.5. The van der Waals surface area contributed by atoms with E-state index in [-0.39, 0.29) is 10.8 Å². The number of fused-ring (bicyclic) bond motifs is 9. The van der Waals surface area contributed by atoms with E-state index >= 15 is 0 Å². The molecule has 0 aliphatic heterocycles. The number of rotatable bonds is 10. The summed E-state index contributed by atoms with van der Waals surface area (Å²) in [5.41, 5.74) is 20.6. The van der Waals surface area contributed by atoms with E-state index in [2.05, 4.69) is 343 Å². The minimum Gasteiger partial charge on any atom is -0.310 e. The Morgan fingerprint density at radius 3 is 1.17 bits per heavy atom. The van der Waals surface area contributed by atoms with Crippen molar-refractivity contribution in [2.24, 2.45) is 10.8 Å². The molecule has 0 fully saturated rings. The second-order valence-corrected chi connectivity index (χ2v) is 24.5. The molecule has 0 atom stereocenters. The van der Waals surface area contributed by atoms with Gasteiger partial charge in [-0.05, 0) is 172 Å². The predicted molar refractivity (Wildman–Crippen MR) is 355 cm³/mol. The van der Waals surface area contributed by atoms with Gasteiger partial charge in [-0.25, -0.2) is 0 Å². The van der Waals surface area contributed by atoms with Crippen LogP contribution in [0.5, 0.6) is 0 Å². The normalized spacial score (nSPS) is 12.8. The lowest BCUT2D eigenvalue weighted by atomic mass is 9.49. The molecule has 0 spiro atoms. The third kappa shape index (κ3) is 8.63. The predicted octanol–water partition coefficient (Wildman–Crippen LogP) is 23.1. The zero-order valence-corrected chi connectivity index (χ0v) is 48.1. The SMILES string of the molecule is CC(C)(C)C1(C(C)(C)C)c2cc3cc(N(c4ccccc4)c4cc(-c5ccccc5)ccc4-c4ccccc4)ccc3cc2-c2c1c1ccc(N(c3ccccc3)c3cc(-c4ccccc4)ccc3-c3ccccc3)cc1c1ccccc21. The van der Waals surface area contributed by atoms with Crippen LogP contribution in [0.4, 0.5) is 34.1 Å². The Labute approximate surface area is 489 Å². The van der Waals surface area contributed by atoms with Gasteiger partial charge in [0.1, 0.15) is 0 Å². The van der Waals surface area contributed by atoms with Gasteiger partial charge in [0.05, 0.1) is 11.4 Å². The molecule has 1 aliphatic rings. The summed E-state index contributed by atoms with van der Waals surface area (Å²) in [6.07, 6.45) is 0. The highest BCUT2D eigenvalue weighted by atomic mass is 15.2. The molecule has 0 saturated carbocycles. The third-order valence-corrected chi connectivity index (χ3v) is 17.7. The van der Waals surface area contributed by atoms with E-state index in [9.17, 15) is 0 Å². The van der Waals surface area contributed by atoms with Crippen molar-refractivity contribution >= 4 is 66.4 Å². The average molecular weight is 1070 g/mol. The van der Waals surface area contributed by atoms with Crippen molar-refractivity contribution in [2.45, 2.75) is 47.0 Å². The number of hydrogen-bond donors (Lipinski definition) is 0. The molecule has 0 bridgehead atoms. The summed E-state index contributed by atoms with van der Waals surface area (Å²) in [6.45, 7) is 14.9. The first-order chi connectivity index (χ1) is 40.5. The summed E-state index contributed by atoms with van der Waals surface area (Å²) < 4.78 is 0. The van der Waals surface area contributed by atoms with E-state index < -0.39 is 5.41 Å². The lowest BCUT2D eigenvalue weighted by Gasteiger charge is -2.53. The topological polar surface area (TPSA) is 6.48 Å². The highest BCUT2D eigenvalue weighted by molar-refractivity contribution is 6.20. The minimum absolute atomic E-state index is 0.234. The summed E-state index contributed by atoms with van der Waals surface area (Å²) >= 11 is 0. The van der Waals surface area contributed by atoms with Crippen LogP contribution in [-0.4, -0.2) is 0 Å². The van der Waals surface area contributed by atoms with Gasteiger partial charge in [0.2, 0.25) is 0 Å². The number of nitrogens with zero attached hydrogens (tertiary/aromatic N) is 2. The Bertz CT molecular complexity index is 4520. The monoisotopic (exact) mass is 1070 g/mol. The molecule has 0 amide bonds. The van der Waals surface area contributed by atoms with Crippen LogP contribution in [0.3, 0.4) is 0 Å². The van der Waals surface area contributed by atoms with Crippen LogP contribution < -0.4 is 9.80 Å². The lowest BCUT2D eigenvalue weighted by Crippen LogP contribution is -2.50. The van der Waals surface area contributed by atoms with Crippen LogP contribution in [0.2, 0.25) is 0 Å². The molecule has 0 radical (unpaired) electrons. The van der Waals surface area contributed by atoms with Crippen LogP contribution in [0.1, 0.15) is 52.7 Å². The molecule has 13 aromatic rings. The van der Waals surface area contributed by atoms with Gasteiger partial charge < -0.3 is 9.80 Å². The molecule has 0 saturated heterocycles. The maximum atomic E-state index is 2.59. The quantitative estimate of drug-likeness (QED) is 0.126. The highest BCUT2D eigenvalue weighted by Crippen LogP contribution is 2.68. The van der Waals surface area contributed by atoms with Crippen LogP contribution in [0.25, 0.3) is 88.0 Å². The number of para-hydroxylation sites is 2. The summed E-state index contributed by atoms with van der Waals surface area (Å²) in [5, 5.41) is 7.52. The Hall–Kier alpha value is -9.76. The molecule has 14 rings (SSSR count). The van der Waals surface area contributed by atoms with Crippen LogP contribution >= 0.6 is 0 Å². The van der Waals surface area contributed by atoms with Crippen molar-refractivity contribution in [1.82, 2.24) is 0 Å². The first kappa shape index (κ1) is 51.4. The zero-order valence-electron chi connectivity index (χ0n) is 48.1. The van der Waals surface area contributed by atoms with Gasteiger partial charge in [-0.3, -0.25) is 0 Å². The molecule has 83 heavy (non-hydrogen) atoms. The first-order valence-corrected chi connectivity index (χ1v) is 29.2. The van der Waals surface area contributed by atoms with Gasteiger partial charge in [0, 0.05) is 39.3 Å². The van der Waals surface area contributed by atoms with Crippen molar-refractivity contribution in [1.29, 1.82) is 0 Å². The number of hydrogen-bond acceptors (Lipinski definition) is 2. The second kappa shape index (κ2) is 20.3. The maximum Gasteiger partial charge on any atom is 0.0546 e. The second-order valence-electron chi connectivity index (χ2n) is 24.5. The van der Waals surface area contributed by atoms with Crippen LogP contribution in [-0.2, 0) is 5.41 Å². The average Bonchev–Trinajstić information content (AvgIpc) is 1.65. The van der Waals surface area contributed by atoms with E-state index in [0.29, 0.717) is 0 Å². The molecule has 400 valence electrons. The van der Waals surface area contributed by atoms with Crippen molar-refractivity contribution in [3.05, 3.63) is 302 Å². The van der Waals surface area contributed by atoms with Gasteiger partial charge in [-0.1, -0.05) is 260 Å². The molecule has 0 aromatic heterocycles. The molecule has 0 N–H and O–H groups in total. The van der Waals surface area contributed by atoms with Crippen molar-refractivity contribution in [3.8, 4) is 55.6 Å². The van der Waals surface area contributed by atoms with Crippen molar-refractivity contribution < 1.29 is 0 Å². The van der Waals surface area contributed by atoms with E-state index in [0.717, 1.165) is 34.1 Å². The maximum absolute atomic E-state index is 2.59. The third-order valence-electron chi connectivity index (χ3n) is 17.7. The smallest absolute Gasteiger partial charge is 0.0546 e. The Morgan fingerprint density at radius 2 is 0.687 bits per heavy atom. The number of anilines is 6. The van der Waals surface area contributed by atoms with E-state index in [1.54, 1.807) is 0 Å². The van der Waals surface area contributed by atoms with E-state index in [1.807, 2.05) is 0 Å². The Balaban J connectivity index is 1.00. The lowest BCUT2D eigenvalue weighted by molar-refractivity contribution is 0.0965. The van der Waals surface area contributed by atoms with E-state index in [4.69, 9.17) is 0 Å². The Morgan fingerprint density at radius 1 is 0.265 bits per heavy atom. The molecule has 0 unspecified atom stereocenters. The van der Waals surface area contributed by atoms with Crippen molar-refractivity contribution in [3.63, 3.8) is 0 Å². The van der Waals surface area contributed by atoms with Gasteiger partial charge in [0.15, 0.2) is 0 Å². The van der Waals surface area contributed by atoms with Gasteiger partial charge >= 0.3 is 0 Å². The van der Waals surface area contributed by atoms with Gasteiger partial charge in [-0.2, -0.15) is 0 Å². The summed E-state index contributed by atoms with van der Waals surface area (Å²) in [4.78, 5) is 4.95. The summed E-state index contributed by atoms with van der Waals surface area (Å²) in [7, 11) is 0. The molecule has 2 nitrogen and oxygen atoms in total. The minimum atomic E-state index is -0.439. The molecule has 0 heterocycles. The molecule has 1 aliphatic carbocycles. The van der Waals surface area contributed by atoms with Crippen LogP contribution in [0.15, 0.2) is 291 Å². The standard InChI is InChI=1S/C81H66N2/c1-79(2,3)81(80(4,5)6)74-51-62-49-65(82(63-35-21-11-22-36-63)75-52-60(55-27-13-7-14-28-55)42-46-67(75)57-31-17-9-18-32-57)44-41-59(62)50-73(74)77-70-40-26-25-39-69(70)72-54-66(45-48-71(72)78(77)81)83(64-37-23-12-24-38-64)76-53-61(56-29-15-8-16-30-56)43-47-68(76)58-33-19-10-20-34-58/h7-54H,1-6H3. The summed E-state index contributed by atoms with van der Waals surface area (Å²) in [6, 6.07) is 108. The van der Waals surface area contributed by atoms with Crippen LogP contribution in [0, 0.1) is 10.8 Å². The molecule has 13 aromatic carbocycles.